The lowest BCUT2D eigenvalue weighted by Crippen LogP contribution is -2.36. The van der Waals surface area contributed by atoms with Crippen LogP contribution in [-0.2, 0) is 4.74 Å². The van der Waals surface area contributed by atoms with Gasteiger partial charge in [0.2, 0.25) is 0 Å². The fourth-order valence-electron chi connectivity index (χ4n) is 3.06. The first-order valence-electron chi connectivity index (χ1n) is 9.39. The van der Waals surface area contributed by atoms with Crippen LogP contribution in [0.25, 0.3) is 0 Å². The number of rotatable bonds is 5. The van der Waals surface area contributed by atoms with Crippen LogP contribution in [0.2, 0.25) is 0 Å². The van der Waals surface area contributed by atoms with Crippen LogP contribution in [0.1, 0.15) is 58.5 Å². The highest BCUT2D eigenvalue weighted by molar-refractivity contribution is 7.10. The molecule has 0 spiro atoms. The predicted octanol–water partition coefficient (Wildman–Crippen LogP) is 3.82. The van der Waals surface area contributed by atoms with Crippen molar-refractivity contribution < 1.29 is 24.2 Å². The van der Waals surface area contributed by atoms with Crippen molar-refractivity contribution in [3.05, 3.63) is 45.9 Å². The highest BCUT2D eigenvalue weighted by Crippen LogP contribution is 2.30. The molecule has 2 aromatic rings. The van der Waals surface area contributed by atoms with Gasteiger partial charge in [0.15, 0.2) is 0 Å². The van der Waals surface area contributed by atoms with Crippen LogP contribution in [0, 0.1) is 0 Å². The van der Waals surface area contributed by atoms with Crippen LogP contribution in [0.3, 0.4) is 0 Å². The van der Waals surface area contributed by atoms with Crippen molar-refractivity contribution >= 4 is 35.0 Å². The molecule has 0 unspecified atom stereocenters. The van der Waals surface area contributed by atoms with Gasteiger partial charge in [-0.3, -0.25) is 4.79 Å². The number of carbonyl (C=O) groups is 3. The standard InChI is InChI=1S/C20H23N3O5S/c1-12(2)28-19(25)14-3-5-15(6-4-14)21-17(24)16-11-29-18(22-16)13-7-9-23(10-8-13)20(26)27/h3-6,11-13H,7-10H2,1-2H3,(H,21,24)(H,26,27). The summed E-state index contributed by atoms with van der Waals surface area (Å²) in [7, 11) is 0. The van der Waals surface area contributed by atoms with E-state index in [2.05, 4.69) is 10.3 Å². The molecular weight excluding hydrogens is 394 g/mol. The highest BCUT2D eigenvalue weighted by atomic mass is 32.1. The number of ether oxygens (including phenoxy) is 1. The van der Waals surface area contributed by atoms with Gasteiger partial charge >= 0.3 is 12.1 Å². The van der Waals surface area contributed by atoms with Gasteiger partial charge < -0.3 is 20.1 Å². The summed E-state index contributed by atoms with van der Waals surface area (Å²) in [6.07, 6.45) is 0.312. The Bertz CT molecular complexity index is 886. The number of thiazole rings is 1. The summed E-state index contributed by atoms with van der Waals surface area (Å²) in [5, 5.41) is 14.4. The van der Waals surface area contributed by atoms with Gasteiger partial charge in [0.1, 0.15) is 5.69 Å². The minimum atomic E-state index is -0.897. The molecule has 1 aromatic heterocycles. The Kier molecular flexibility index (Phi) is 6.48. The van der Waals surface area contributed by atoms with Crippen LogP contribution < -0.4 is 5.32 Å². The zero-order valence-electron chi connectivity index (χ0n) is 16.3. The lowest BCUT2D eigenvalue weighted by molar-refractivity contribution is 0.0377. The molecule has 2 heterocycles. The molecule has 1 aliphatic rings. The lowest BCUT2D eigenvalue weighted by Gasteiger charge is -2.28. The fourth-order valence-corrected chi connectivity index (χ4v) is 4.04. The number of carboxylic acid groups (broad SMARTS) is 1. The summed E-state index contributed by atoms with van der Waals surface area (Å²) in [5.74, 6) is -0.563. The zero-order valence-corrected chi connectivity index (χ0v) is 17.1. The Morgan fingerprint density at radius 3 is 2.45 bits per heavy atom. The van der Waals surface area contributed by atoms with Crippen LogP contribution in [0.4, 0.5) is 10.5 Å². The SMILES string of the molecule is CC(C)OC(=O)c1ccc(NC(=O)c2csc(C3CCN(C(=O)O)CC3)n2)cc1. The first kappa shape index (κ1) is 20.8. The smallest absolute Gasteiger partial charge is 0.407 e. The van der Waals surface area contributed by atoms with E-state index in [0.29, 0.717) is 42.9 Å². The number of nitrogens with zero attached hydrogens (tertiary/aromatic N) is 2. The van der Waals surface area contributed by atoms with E-state index in [-0.39, 0.29) is 17.9 Å². The molecule has 2 N–H and O–H groups in total. The third-order valence-corrected chi connectivity index (χ3v) is 5.60. The number of piperidine rings is 1. The van der Waals surface area contributed by atoms with Crippen molar-refractivity contribution in [1.29, 1.82) is 0 Å². The summed E-state index contributed by atoms with van der Waals surface area (Å²) < 4.78 is 5.14. The number of esters is 1. The van der Waals surface area contributed by atoms with Gasteiger partial charge in [0.05, 0.1) is 16.7 Å². The van der Waals surface area contributed by atoms with Crippen molar-refractivity contribution in [1.82, 2.24) is 9.88 Å². The van der Waals surface area contributed by atoms with Crippen LogP contribution in [0.15, 0.2) is 29.6 Å². The Hall–Kier alpha value is -2.94. The van der Waals surface area contributed by atoms with Gasteiger partial charge in [-0.25, -0.2) is 14.6 Å². The topological polar surface area (TPSA) is 109 Å². The maximum absolute atomic E-state index is 12.5. The van der Waals surface area contributed by atoms with E-state index in [4.69, 9.17) is 9.84 Å². The van der Waals surface area contributed by atoms with Gasteiger partial charge in [-0.15, -0.1) is 11.3 Å². The second-order valence-electron chi connectivity index (χ2n) is 7.10. The van der Waals surface area contributed by atoms with Gasteiger partial charge in [0, 0.05) is 30.1 Å². The molecule has 1 aromatic carbocycles. The summed E-state index contributed by atoms with van der Waals surface area (Å²) in [6.45, 7) is 4.52. The molecule has 0 bridgehead atoms. The minimum Gasteiger partial charge on any atom is -0.465 e. The fraction of sp³-hybridized carbons (Fsp3) is 0.400. The number of likely N-dealkylation sites (tertiary alicyclic amines) is 1. The molecule has 1 fully saturated rings. The van der Waals surface area contributed by atoms with Crippen LogP contribution in [0.5, 0.6) is 0 Å². The zero-order chi connectivity index (χ0) is 21.0. The van der Waals surface area contributed by atoms with Gasteiger partial charge in [-0.05, 0) is 51.0 Å². The molecule has 154 valence electrons. The monoisotopic (exact) mass is 417 g/mol. The molecule has 0 saturated carbocycles. The molecule has 0 radical (unpaired) electrons. The predicted molar refractivity (Wildman–Crippen MR) is 109 cm³/mol. The molecular formula is C20H23N3O5S. The maximum atomic E-state index is 12.5. The lowest BCUT2D eigenvalue weighted by atomic mass is 9.98. The van der Waals surface area contributed by atoms with Crippen LogP contribution >= 0.6 is 11.3 Å². The number of hydrogen-bond donors (Lipinski definition) is 2. The van der Waals surface area contributed by atoms with E-state index < -0.39 is 12.1 Å². The number of benzene rings is 1. The Balaban J connectivity index is 1.58. The van der Waals surface area contributed by atoms with Crippen molar-refractivity contribution in [2.24, 2.45) is 0 Å². The first-order chi connectivity index (χ1) is 13.8. The second-order valence-corrected chi connectivity index (χ2v) is 7.99. The number of hydrogen-bond acceptors (Lipinski definition) is 6. The van der Waals surface area contributed by atoms with E-state index in [0.717, 1.165) is 5.01 Å². The molecule has 0 aliphatic carbocycles. The molecule has 3 rings (SSSR count). The average molecular weight is 417 g/mol. The molecule has 0 atom stereocenters. The summed E-state index contributed by atoms with van der Waals surface area (Å²) >= 11 is 1.42. The maximum Gasteiger partial charge on any atom is 0.407 e. The Labute approximate surface area is 172 Å². The van der Waals surface area contributed by atoms with Crippen LogP contribution in [-0.4, -0.2) is 52.2 Å². The van der Waals surface area contributed by atoms with Gasteiger partial charge in [0.25, 0.3) is 5.91 Å². The quantitative estimate of drug-likeness (QED) is 0.716. The van der Waals surface area contributed by atoms with Gasteiger partial charge in [-0.2, -0.15) is 0 Å². The summed E-state index contributed by atoms with van der Waals surface area (Å²) in [6, 6.07) is 6.49. The van der Waals surface area contributed by atoms with Crippen molar-refractivity contribution in [2.45, 2.75) is 38.7 Å². The molecule has 9 heteroatoms. The Morgan fingerprint density at radius 1 is 1.21 bits per heavy atom. The van der Waals surface area contributed by atoms with Crippen molar-refractivity contribution in [3.8, 4) is 0 Å². The molecule has 29 heavy (non-hydrogen) atoms. The molecule has 8 nitrogen and oxygen atoms in total. The summed E-state index contributed by atoms with van der Waals surface area (Å²) in [5.41, 5.74) is 1.30. The number of aromatic nitrogens is 1. The Morgan fingerprint density at radius 2 is 1.86 bits per heavy atom. The average Bonchev–Trinajstić information content (AvgIpc) is 3.18. The molecule has 1 saturated heterocycles. The van der Waals surface area contributed by atoms with Crippen molar-refractivity contribution in [2.75, 3.05) is 18.4 Å². The van der Waals surface area contributed by atoms with E-state index in [1.807, 2.05) is 0 Å². The van der Waals surface area contributed by atoms with E-state index in [1.54, 1.807) is 43.5 Å². The minimum absolute atomic E-state index is 0.170. The second kappa shape index (κ2) is 9.04. The number of nitrogens with one attached hydrogen (secondary N) is 1. The van der Waals surface area contributed by atoms with Gasteiger partial charge in [-0.1, -0.05) is 0 Å². The van der Waals surface area contributed by atoms with E-state index in [9.17, 15) is 14.4 Å². The number of amides is 2. The van der Waals surface area contributed by atoms with E-state index >= 15 is 0 Å². The third-order valence-electron chi connectivity index (χ3n) is 4.59. The number of carbonyl (C=O) groups excluding carboxylic acids is 2. The number of anilines is 1. The third kappa shape index (κ3) is 5.32. The van der Waals surface area contributed by atoms with Crippen molar-refractivity contribution in [3.63, 3.8) is 0 Å². The molecule has 2 amide bonds. The summed E-state index contributed by atoms with van der Waals surface area (Å²) in [4.78, 5) is 41.2. The molecule has 1 aliphatic heterocycles. The normalized spacial score (nSPS) is 14.7. The largest absolute Gasteiger partial charge is 0.465 e. The highest BCUT2D eigenvalue weighted by Gasteiger charge is 2.26. The van der Waals surface area contributed by atoms with E-state index in [1.165, 1.54) is 16.2 Å². The first-order valence-corrected chi connectivity index (χ1v) is 10.3.